The van der Waals surface area contributed by atoms with Gasteiger partial charge in [0.1, 0.15) is 0 Å². The van der Waals surface area contributed by atoms with Crippen LogP contribution in [-0.2, 0) is 0 Å². The van der Waals surface area contributed by atoms with Crippen molar-refractivity contribution >= 4 is 32.3 Å². The van der Waals surface area contributed by atoms with Gasteiger partial charge in [-0.25, -0.2) is 15.0 Å². The highest BCUT2D eigenvalue weighted by Crippen LogP contribution is 2.39. The van der Waals surface area contributed by atoms with E-state index < -0.39 is 0 Å². The zero-order chi connectivity index (χ0) is 45.4. The number of nitriles is 1. The summed E-state index contributed by atoms with van der Waals surface area (Å²) in [6.07, 6.45) is 0. The maximum atomic E-state index is 10.4. The van der Waals surface area contributed by atoms with Crippen molar-refractivity contribution in [3.63, 3.8) is 0 Å². The second kappa shape index (κ2) is 17.2. The summed E-state index contributed by atoms with van der Waals surface area (Å²) >= 11 is 0. The molecule has 12 aromatic rings. The number of nitrogens with zero attached hydrogens (tertiary/aromatic N) is 4. The van der Waals surface area contributed by atoms with E-state index in [1.54, 1.807) is 0 Å². The highest BCUT2D eigenvalue weighted by Gasteiger charge is 2.18. The number of benzene rings is 11. The number of fused-ring (bicyclic) bond motifs is 4. The molecule has 12 rings (SSSR count). The topological polar surface area (TPSA) is 62.5 Å². The number of hydrogen-bond acceptors (Lipinski definition) is 4. The largest absolute Gasteiger partial charge is 0.208 e. The van der Waals surface area contributed by atoms with Gasteiger partial charge in [0, 0.05) is 22.3 Å². The lowest BCUT2D eigenvalue weighted by atomic mass is 9.91. The molecule has 1 aromatic heterocycles. The van der Waals surface area contributed by atoms with Crippen molar-refractivity contribution in [2.24, 2.45) is 0 Å². The Kier molecular flexibility index (Phi) is 10.2. The summed E-state index contributed by atoms with van der Waals surface area (Å²) in [4.78, 5) is 15.4. The van der Waals surface area contributed by atoms with Crippen LogP contribution in [0.2, 0.25) is 0 Å². The normalized spacial score (nSPS) is 11.2. The van der Waals surface area contributed by atoms with Crippen LogP contribution in [0.25, 0.3) is 122 Å². The van der Waals surface area contributed by atoms with Crippen molar-refractivity contribution in [2.75, 3.05) is 0 Å². The minimum Gasteiger partial charge on any atom is -0.208 e. The third-order valence-corrected chi connectivity index (χ3v) is 13.0. The quantitative estimate of drug-likeness (QED) is 0.143. The summed E-state index contributed by atoms with van der Waals surface area (Å²) in [6.45, 7) is 0. The Morgan fingerprint density at radius 2 is 0.750 bits per heavy atom. The van der Waals surface area contributed by atoms with Gasteiger partial charge in [-0.15, -0.1) is 0 Å². The highest BCUT2D eigenvalue weighted by atomic mass is 15.0. The molecule has 0 aliphatic heterocycles. The monoisotopic (exact) mass is 864 g/mol. The first-order valence-corrected chi connectivity index (χ1v) is 22.8. The lowest BCUT2D eigenvalue weighted by Gasteiger charge is -2.14. The molecule has 0 amide bonds. The van der Waals surface area contributed by atoms with Crippen LogP contribution in [0, 0.1) is 11.3 Å². The molecular formula is C64H40N4. The summed E-state index contributed by atoms with van der Waals surface area (Å²) in [5, 5.41) is 17.7. The van der Waals surface area contributed by atoms with Crippen molar-refractivity contribution < 1.29 is 0 Å². The van der Waals surface area contributed by atoms with E-state index >= 15 is 0 Å². The van der Waals surface area contributed by atoms with E-state index in [-0.39, 0.29) is 0 Å². The average Bonchev–Trinajstić information content (AvgIpc) is 3.42. The van der Waals surface area contributed by atoms with Crippen LogP contribution < -0.4 is 0 Å². The van der Waals surface area contributed by atoms with Crippen LogP contribution in [0.5, 0.6) is 0 Å². The molecule has 0 bridgehead atoms. The summed E-state index contributed by atoms with van der Waals surface area (Å²) in [5.74, 6) is 1.77. The summed E-state index contributed by atoms with van der Waals surface area (Å²) in [6, 6.07) is 87.0. The van der Waals surface area contributed by atoms with Gasteiger partial charge < -0.3 is 0 Å². The minimum absolute atomic E-state index is 0.575. The molecule has 0 spiro atoms. The van der Waals surface area contributed by atoms with Gasteiger partial charge in [-0.3, -0.25) is 0 Å². The van der Waals surface area contributed by atoms with Crippen LogP contribution in [0.3, 0.4) is 0 Å². The first-order chi connectivity index (χ1) is 33.6. The number of aromatic nitrogens is 3. The maximum Gasteiger partial charge on any atom is 0.164 e. The molecule has 0 atom stereocenters. The standard InChI is InChI=1S/C64H40N4/c65-41-52-36-35-48(39-60(52)44-33-31-42(32-34-44)46-20-12-22-49(37-46)61-40-50-18-5-7-25-54(50)55-26-8-9-28-58(55)61)47-21-13-23-51(38-47)63-66-62(45-16-2-1-3-17-45)67-64(68-63)59-29-11-10-27-57(59)56-30-14-19-43-15-4-6-24-53(43)56/h1-40H. The van der Waals surface area contributed by atoms with Gasteiger partial charge in [-0.1, -0.05) is 212 Å². The van der Waals surface area contributed by atoms with E-state index in [2.05, 4.69) is 194 Å². The van der Waals surface area contributed by atoms with Crippen LogP contribution in [0.1, 0.15) is 5.56 Å². The molecule has 0 aliphatic carbocycles. The number of rotatable bonds is 8. The Morgan fingerprint density at radius 1 is 0.250 bits per heavy atom. The molecule has 4 heteroatoms. The van der Waals surface area contributed by atoms with Crippen LogP contribution >= 0.6 is 0 Å². The average molecular weight is 865 g/mol. The van der Waals surface area contributed by atoms with Gasteiger partial charge in [0.2, 0.25) is 0 Å². The molecule has 68 heavy (non-hydrogen) atoms. The molecule has 0 unspecified atom stereocenters. The molecule has 0 saturated heterocycles. The lowest BCUT2D eigenvalue weighted by Crippen LogP contribution is -2.01. The minimum atomic E-state index is 0.575. The molecule has 0 aliphatic rings. The van der Waals surface area contributed by atoms with Crippen molar-refractivity contribution in [3.05, 3.63) is 248 Å². The Bertz CT molecular complexity index is 3920. The first-order valence-electron chi connectivity index (χ1n) is 22.8. The highest BCUT2D eigenvalue weighted by molar-refractivity contribution is 6.14. The van der Waals surface area contributed by atoms with E-state index in [0.717, 1.165) is 61.2 Å². The Morgan fingerprint density at radius 3 is 1.54 bits per heavy atom. The summed E-state index contributed by atoms with van der Waals surface area (Å²) in [5.41, 5.74) is 13.9. The molecule has 4 nitrogen and oxygen atoms in total. The predicted molar refractivity (Wildman–Crippen MR) is 281 cm³/mol. The van der Waals surface area contributed by atoms with Crippen LogP contribution in [-0.4, -0.2) is 15.0 Å². The van der Waals surface area contributed by atoms with E-state index in [0.29, 0.717) is 23.0 Å². The molecule has 0 fully saturated rings. The maximum absolute atomic E-state index is 10.4. The van der Waals surface area contributed by atoms with Crippen LogP contribution in [0.15, 0.2) is 243 Å². The Hall–Kier alpha value is -9.30. The van der Waals surface area contributed by atoms with E-state index in [4.69, 9.17) is 15.0 Å². The fourth-order valence-electron chi connectivity index (χ4n) is 9.61. The third-order valence-electron chi connectivity index (χ3n) is 13.0. The lowest BCUT2D eigenvalue weighted by molar-refractivity contribution is 1.07. The molecule has 0 saturated carbocycles. The van der Waals surface area contributed by atoms with E-state index in [9.17, 15) is 5.26 Å². The molecular weight excluding hydrogens is 825 g/mol. The fraction of sp³-hybridized carbons (Fsp3) is 0. The zero-order valence-electron chi connectivity index (χ0n) is 36.9. The van der Waals surface area contributed by atoms with Gasteiger partial charge >= 0.3 is 0 Å². The van der Waals surface area contributed by atoms with Crippen LogP contribution in [0.4, 0.5) is 0 Å². The van der Waals surface area contributed by atoms with E-state index in [1.807, 2.05) is 54.6 Å². The SMILES string of the molecule is N#Cc1ccc(-c2cccc(-c3nc(-c4ccccc4)nc(-c4ccccc4-c4cccc5ccccc45)n3)c2)cc1-c1ccc(-c2cccc(-c3cc4ccccc4c4ccccc34)c2)cc1. The van der Waals surface area contributed by atoms with Crippen molar-refractivity contribution in [1.29, 1.82) is 5.26 Å². The van der Waals surface area contributed by atoms with Gasteiger partial charge in [-0.05, 0) is 113 Å². The van der Waals surface area contributed by atoms with Crippen molar-refractivity contribution in [1.82, 2.24) is 15.0 Å². The Balaban J connectivity index is 0.897. The van der Waals surface area contributed by atoms with Gasteiger partial charge in [0.25, 0.3) is 0 Å². The Labute approximate surface area is 394 Å². The zero-order valence-corrected chi connectivity index (χ0v) is 36.9. The van der Waals surface area contributed by atoms with Gasteiger partial charge in [0.05, 0.1) is 11.6 Å². The molecule has 0 radical (unpaired) electrons. The molecule has 11 aromatic carbocycles. The second-order valence-corrected chi connectivity index (χ2v) is 17.0. The van der Waals surface area contributed by atoms with Crippen molar-refractivity contribution in [3.8, 4) is 95.9 Å². The smallest absolute Gasteiger partial charge is 0.164 e. The third kappa shape index (κ3) is 7.45. The fourth-order valence-corrected chi connectivity index (χ4v) is 9.61. The van der Waals surface area contributed by atoms with E-state index in [1.165, 1.54) is 43.4 Å². The molecule has 1 heterocycles. The molecule has 316 valence electrons. The van der Waals surface area contributed by atoms with Gasteiger partial charge in [-0.2, -0.15) is 5.26 Å². The van der Waals surface area contributed by atoms with Crippen molar-refractivity contribution in [2.45, 2.75) is 0 Å². The first kappa shape index (κ1) is 40.2. The molecule has 0 N–H and O–H groups in total. The predicted octanol–water partition coefficient (Wildman–Crippen LogP) is 16.5. The van der Waals surface area contributed by atoms with Gasteiger partial charge in [0.15, 0.2) is 17.5 Å². The number of hydrogen-bond donors (Lipinski definition) is 0. The second-order valence-electron chi connectivity index (χ2n) is 17.0. The summed E-state index contributed by atoms with van der Waals surface area (Å²) < 4.78 is 0. The summed E-state index contributed by atoms with van der Waals surface area (Å²) in [7, 11) is 0.